The fourth-order valence-electron chi connectivity index (χ4n) is 3.33. The minimum Gasteiger partial charge on any atom is -0.368 e. The second kappa shape index (κ2) is 5.92. The van der Waals surface area contributed by atoms with Gasteiger partial charge in [-0.1, -0.05) is 36.4 Å². The third kappa shape index (κ3) is 2.74. The van der Waals surface area contributed by atoms with Gasteiger partial charge in [-0.05, 0) is 36.8 Å². The zero-order chi connectivity index (χ0) is 15.6. The summed E-state index contributed by atoms with van der Waals surface area (Å²) in [7, 11) is 0. The fraction of sp³-hybridized carbons (Fsp3) is 0.250. The Kier molecular flexibility index (Phi) is 3.62. The van der Waals surface area contributed by atoms with Crippen LogP contribution >= 0.6 is 0 Å². The largest absolute Gasteiger partial charge is 0.368 e. The smallest absolute Gasteiger partial charge is 0.129 e. The molecule has 0 bridgehead atoms. The first kappa shape index (κ1) is 14.1. The van der Waals surface area contributed by atoms with Crippen LogP contribution in [0.2, 0.25) is 0 Å². The Morgan fingerprint density at radius 2 is 1.43 bits per heavy atom. The zero-order valence-electron chi connectivity index (χ0n) is 13.4. The van der Waals surface area contributed by atoms with Gasteiger partial charge < -0.3 is 9.80 Å². The van der Waals surface area contributed by atoms with Gasteiger partial charge in [0.05, 0.1) is 5.52 Å². The molecule has 3 heteroatoms. The minimum atomic E-state index is 1.01. The second-order valence-corrected chi connectivity index (χ2v) is 6.12. The number of aryl methyl sites for hydroxylation is 1. The molecule has 0 spiro atoms. The quantitative estimate of drug-likeness (QED) is 0.716. The first-order valence-corrected chi connectivity index (χ1v) is 8.22. The Labute approximate surface area is 137 Å². The van der Waals surface area contributed by atoms with E-state index in [1.165, 1.54) is 16.6 Å². The summed E-state index contributed by atoms with van der Waals surface area (Å²) in [5, 5.41) is 1.20. The molecule has 2 aromatic carbocycles. The molecule has 3 aromatic rings. The lowest BCUT2D eigenvalue weighted by Gasteiger charge is -2.37. The van der Waals surface area contributed by atoms with Gasteiger partial charge in [0, 0.05) is 37.3 Å². The molecule has 4 rings (SSSR count). The average Bonchev–Trinajstić information content (AvgIpc) is 2.62. The van der Waals surface area contributed by atoms with Gasteiger partial charge in [-0.15, -0.1) is 0 Å². The maximum absolute atomic E-state index is 4.82. The summed E-state index contributed by atoms with van der Waals surface area (Å²) in [6.07, 6.45) is 0. The molecule has 0 saturated carbocycles. The lowest BCUT2D eigenvalue weighted by Crippen LogP contribution is -2.47. The van der Waals surface area contributed by atoms with Crippen molar-refractivity contribution in [3.8, 4) is 0 Å². The van der Waals surface area contributed by atoms with Crippen molar-refractivity contribution in [1.29, 1.82) is 0 Å². The van der Waals surface area contributed by atoms with Crippen molar-refractivity contribution in [2.45, 2.75) is 6.92 Å². The molecule has 1 aliphatic rings. The van der Waals surface area contributed by atoms with Crippen LogP contribution in [0, 0.1) is 6.92 Å². The maximum atomic E-state index is 4.82. The Balaban J connectivity index is 1.51. The van der Waals surface area contributed by atoms with Crippen molar-refractivity contribution in [2.24, 2.45) is 0 Å². The van der Waals surface area contributed by atoms with Crippen LogP contribution in [-0.2, 0) is 0 Å². The molecule has 0 N–H and O–H groups in total. The molecule has 23 heavy (non-hydrogen) atoms. The van der Waals surface area contributed by atoms with E-state index in [1.54, 1.807) is 0 Å². The second-order valence-electron chi connectivity index (χ2n) is 6.12. The Hall–Kier alpha value is -2.55. The summed E-state index contributed by atoms with van der Waals surface area (Å²) < 4.78 is 0. The minimum absolute atomic E-state index is 1.01. The number of para-hydroxylation sites is 2. The van der Waals surface area contributed by atoms with Crippen LogP contribution in [0.15, 0.2) is 60.7 Å². The molecule has 0 amide bonds. The molecule has 0 aliphatic carbocycles. The highest BCUT2D eigenvalue weighted by Crippen LogP contribution is 2.23. The number of benzene rings is 2. The number of rotatable bonds is 2. The summed E-state index contributed by atoms with van der Waals surface area (Å²) in [5.74, 6) is 1.09. The van der Waals surface area contributed by atoms with E-state index in [4.69, 9.17) is 4.98 Å². The van der Waals surface area contributed by atoms with Crippen LogP contribution in [0.25, 0.3) is 10.9 Å². The van der Waals surface area contributed by atoms with E-state index in [0.717, 1.165) is 37.5 Å². The lowest BCUT2D eigenvalue weighted by molar-refractivity contribution is 0.647. The number of piperazine rings is 1. The summed E-state index contributed by atoms with van der Waals surface area (Å²) in [6, 6.07) is 21.3. The third-order valence-electron chi connectivity index (χ3n) is 4.64. The standard InChI is InChI=1S/C20H21N3/c1-16-6-2-5-9-19(16)22-12-14-23(15-13-22)20-11-10-17-7-3-4-8-18(17)21-20/h2-11H,12-15H2,1H3. The van der Waals surface area contributed by atoms with Gasteiger partial charge in [0.25, 0.3) is 0 Å². The molecule has 1 aliphatic heterocycles. The first-order chi connectivity index (χ1) is 11.3. The number of pyridine rings is 1. The molecule has 0 radical (unpaired) electrons. The highest BCUT2D eigenvalue weighted by atomic mass is 15.3. The van der Waals surface area contributed by atoms with Gasteiger partial charge in [-0.2, -0.15) is 0 Å². The molecule has 1 saturated heterocycles. The van der Waals surface area contributed by atoms with E-state index >= 15 is 0 Å². The van der Waals surface area contributed by atoms with Crippen molar-refractivity contribution < 1.29 is 0 Å². The van der Waals surface area contributed by atoms with E-state index in [1.807, 2.05) is 0 Å². The summed E-state index contributed by atoms with van der Waals surface area (Å²) in [6.45, 7) is 6.30. The molecule has 1 fully saturated rings. The van der Waals surface area contributed by atoms with Gasteiger partial charge in [0.15, 0.2) is 0 Å². The van der Waals surface area contributed by atoms with Gasteiger partial charge in [0.1, 0.15) is 5.82 Å². The van der Waals surface area contributed by atoms with Gasteiger partial charge >= 0.3 is 0 Å². The Morgan fingerprint density at radius 1 is 0.739 bits per heavy atom. The number of nitrogens with zero attached hydrogens (tertiary/aromatic N) is 3. The molecule has 0 unspecified atom stereocenters. The van der Waals surface area contributed by atoms with Crippen LogP contribution in [0.4, 0.5) is 11.5 Å². The van der Waals surface area contributed by atoms with Crippen LogP contribution in [0.3, 0.4) is 0 Å². The zero-order valence-corrected chi connectivity index (χ0v) is 13.4. The monoisotopic (exact) mass is 303 g/mol. The average molecular weight is 303 g/mol. The van der Waals surface area contributed by atoms with Crippen LogP contribution in [-0.4, -0.2) is 31.2 Å². The van der Waals surface area contributed by atoms with Gasteiger partial charge in [-0.25, -0.2) is 4.98 Å². The SMILES string of the molecule is Cc1ccccc1N1CCN(c2ccc3ccccc3n2)CC1. The van der Waals surface area contributed by atoms with Crippen molar-refractivity contribution in [3.63, 3.8) is 0 Å². The van der Waals surface area contributed by atoms with Crippen LogP contribution < -0.4 is 9.80 Å². The van der Waals surface area contributed by atoms with Crippen molar-refractivity contribution in [3.05, 3.63) is 66.2 Å². The topological polar surface area (TPSA) is 19.4 Å². The lowest BCUT2D eigenvalue weighted by atomic mass is 10.1. The summed E-state index contributed by atoms with van der Waals surface area (Å²) in [5.41, 5.74) is 3.79. The molecular weight excluding hydrogens is 282 g/mol. The normalized spacial score (nSPS) is 15.2. The maximum Gasteiger partial charge on any atom is 0.129 e. The highest BCUT2D eigenvalue weighted by molar-refractivity contribution is 5.80. The number of hydrogen-bond acceptors (Lipinski definition) is 3. The van der Waals surface area contributed by atoms with Crippen molar-refractivity contribution >= 4 is 22.4 Å². The molecular formula is C20H21N3. The first-order valence-electron chi connectivity index (χ1n) is 8.22. The molecule has 116 valence electrons. The summed E-state index contributed by atoms with van der Waals surface area (Å²) in [4.78, 5) is 9.69. The van der Waals surface area contributed by atoms with Crippen LogP contribution in [0.1, 0.15) is 5.56 Å². The number of anilines is 2. The Morgan fingerprint density at radius 3 is 2.26 bits per heavy atom. The van der Waals surface area contributed by atoms with Crippen LogP contribution in [0.5, 0.6) is 0 Å². The third-order valence-corrected chi connectivity index (χ3v) is 4.64. The summed E-state index contributed by atoms with van der Waals surface area (Å²) >= 11 is 0. The molecule has 1 aromatic heterocycles. The predicted octanol–water partition coefficient (Wildman–Crippen LogP) is 3.87. The highest BCUT2D eigenvalue weighted by Gasteiger charge is 2.19. The fourth-order valence-corrected chi connectivity index (χ4v) is 3.33. The molecule has 2 heterocycles. The predicted molar refractivity (Wildman–Crippen MR) is 97.3 cm³/mol. The van der Waals surface area contributed by atoms with Gasteiger partial charge in [-0.3, -0.25) is 0 Å². The van der Waals surface area contributed by atoms with E-state index < -0.39 is 0 Å². The Bertz CT molecular complexity index is 820. The number of fused-ring (bicyclic) bond motifs is 1. The van der Waals surface area contributed by atoms with Crippen molar-refractivity contribution in [1.82, 2.24) is 4.98 Å². The van der Waals surface area contributed by atoms with E-state index in [-0.39, 0.29) is 0 Å². The van der Waals surface area contributed by atoms with E-state index in [2.05, 4.69) is 77.4 Å². The van der Waals surface area contributed by atoms with Gasteiger partial charge in [0.2, 0.25) is 0 Å². The molecule has 0 atom stereocenters. The van der Waals surface area contributed by atoms with Crippen molar-refractivity contribution in [2.75, 3.05) is 36.0 Å². The molecule has 3 nitrogen and oxygen atoms in total. The van der Waals surface area contributed by atoms with E-state index in [9.17, 15) is 0 Å². The number of aromatic nitrogens is 1. The number of hydrogen-bond donors (Lipinski definition) is 0. The van der Waals surface area contributed by atoms with E-state index in [0.29, 0.717) is 0 Å².